The van der Waals surface area contributed by atoms with Crippen LogP contribution in [0.15, 0.2) is 30.3 Å². The summed E-state index contributed by atoms with van der Waals surface area (Å²) in [7, 11) is 1.83. The molecule has 1 aliphatic rings. The van der Waals surface area contributed by atoms with Crippen molar-refractivity contribution in [1.29, 1.82) is 0 Å². The van der Waals surface area contributed by atoms with Gasteiger partial charge in [-0.1, -0.05) is 31.5 Å². The number of nitrogens with one attached hydrogen (secondary N) is 1. The molecule has 1 aliphatic carbocycles. The summed E-state index contributed by atoms with van der Waals surface area (Å²) in [6.45, 7) is 2.89. The molecule has 4 nitrogen and oxygen atoms in total. The summed E-state index contributed by atoms with van der Waals surface area (Å²) in [5.41, 5.74) is 0.928. The SMILES string of the molecule is CCCCNC(=O)C1CCC(C(=O)N(C)c2ccccc2)CC1. The number of amides is 2. The lowest BCUT2D eigenvalue weighted by molar-refractivity contribution is -0.129. The predicted molar refractivity (Wildman–Crippen MR) is 93.2 cm³/mol. The quantitative estimate of drug-likeness (QED) is 0.818. The third-order valence-electron chi connectivity index (χ3n) is 4.75. The molecule has 0 spiro atoms. The number of anilines is 1. The highest BCUT2D eigenvalue weighted by Crippen LogP contribution is 2.31. The minimum absolute atomic E-state index is 0.0416. The van der Waals surface area contributed by atoms with Gasteiger partial charge in [-0.2, -0.15) is 0 Å². The molecule has 1 fully saturated rings. The lowest BCUT2D eigenvalue weighted by atomic mass is 9.81. The second-order valence-electron chi connectivity index (χ2n) is 6.43. The predicted octanol–water partition coefficient (Wildman–Crippen LogP) is 3.37. The van der Waals surface area contributed by atoms with E-state index in [0.29, 0.717) is 0 Å². The number of unbranched alkanes of at least 4 members (excludes halogenated alkanes) is 1. The van der Waals surface area contributed by atoms with Crippen LogP contribution in [-0.2, 0) is 9.59 Å². The van der Waals surface area contributed by atoms with Gasteiger partial charge in [-0.05, 0) is 44.2 Å². The Morgan fingerprint density at radius 1 is 1.09 bits per heavy atom. The molecule has 0 radical (unpaired) electrons. The molecule has 4 heteroatoms. The van der Waals surface area contributed by atoms with E-state index >= 15 is 0 Å². The zero-order valence-corrected chi connectivity index (χ0v) is 14.3. The van der Waals surface area contributed by atoms with Gasteiger partial charge in [0.25, 0.3) is 0 Å². The number of rotatable bonds is 6. The minimum Gasteiger partial charge on any atom is -0.356 e. The van der Waals surface area contributed by atoms with Gasteiger partial charge in [-0.3, -0.25) is 9.59 Å². The van der Waals surface area contributed by atoms with E-state index in [4.69, 9.17) is 0 Å². The molecular weight excluding hydrogens is 288 g/mol. The Hall–Kier alpha value is -1.84. The molecule has 0 atom stereocenters. The summed E-state index contributed by atoms with van der Waals surface area (Å²) < 4.78 is 0. The molecule has 0 saturated heterocycles. The zero-order valence-electron chi connectivity index (χ0n) is 14.3. The van der Waals surface area contributed by atoms with Gasteiger partial charge in [0.1, 0.15) is 0 Å². The molecule has 0 aromatic heterocycles. The van der Waals surface area contributed by atoms with Gasteiger partial charge < -0.3 is 10.2 Å². The average Bonchev–Trinajstić information content (AvgIpc) is 2.61. The Labute approximate surface area is 139 Å². The van der Waals surface area contributed by atoms with Crippen molar-refractivity contribution in [2.45, 2.75) is 45.4 Å². The van der Waals surface area contributed by atoms with Crippen molar-refractivity contribution in [2.75, 3.05) is 18.5 Å². The molecular formula is C19H28N2O2. The maximum atomic E-state index is 12.6. The van der Waals surface area contributed by atoms with E-state index in [1.807, 2.05) is 37.4 Å². The van der Waals surface area contributed by atoms with Crippen LogP contribution in [0.1, 0.15) is 45.4 Å². The molecule has 0 aliphatic heterocycles. The second-order valence-corrected chi connectivity index (χ2v) is 6.43. The fraction of sp³-hybridized carbons (Fsp3) is 0.579. The highest BCUT2D eigenvalue weighted by Gasteiger charge is 2.31. The smallest absolute Gasteiger partial charge is 0.229 e. The third-order valence-corrected chi connectivity index (χ3v) is 4.75. The van der Waals surface area contributed by atoms with Crippen molar-refractivity contribution < 1.29 is 9.59 Å². The lowest BCUT2D eigenvalue weighted by Crippen LogP contribution is -2.38. The summed E-state index contributed by atoms with van der Waals surface area (Å²) >= 11 is 0. The van der Waals surface area contributed by atoms with Crippen LogP contribution in [0.3, 0.4) is 0 Å². The molecule has 0 bridgehead atoms. The van der Waals surface area contributed by atoms with E-state index in [-0.39, 0.29) is 23.7 Å². The average molecular weight is 316 g/mol. The van der Waals surface area contributed by atoms with Crippen LogP contribution >= 0.6 is 0 Å². The molecule has 1 aromatic carbocycles. The van der Waals surface area contributed by atoms with Crippen molar-refractivity contribution in [2.24, 2.45) is 11.8 Å². The van der Waals surface area contributed by atoms with Gasteiger partial charge in [0.15, 0.2) is 0 Å². The molecule has 1 N–H and O–H groups in total. The number of hydrogen-bond acceptors (Lipinski definition) is 2. The van der Waals surface area contributed by atoms with Crippen LogP contribution in [0.5, 0.6) is 0 Å². The van der Waals surface area contributed by atoms with Crippen LogP contribution in [-0.4, -0.2) is 25.4 Å². The summed E-state index contributed by atoms with van der Waals surface area (Å²) in [5, 5.41) is 3.01. The first-order valence-corrected chi connectivity index (χ1v) is 8.73. The van der Waals surface area contributed by atoms with Gasteiger partial charge in [0.05, 0.1) is 0 Å². The molecule has 2 rings (SSSR count). The molecule has 2 amide bonds. The van der Waals surface area contributed by atoms with Crippen LogP contribution < -0.4 is 10.2 Å². The number of carbonyl (C=O) groups excluding carboxylic acids is 2. The topological polar surface area (TPSA) is 49.4 Å². The van der Waals surface area contributed by atoms with Crippen LogP contribution in [0.4, 0.5) is 5.69 Å². The van der Waals surface area contributed by atoms with Gasteiger partial charge in [-0.15, -0.1) is 0 Å². The standard InChI is InChI=1S/C19H28N2O2/c1-3-4-14-20-18(22)15-10-12-16(13-11-15)19(23)21(2)17-8-6-5-7-9-17/h5-9,15-16H,3-4,10-14H2,1-2H3,(H,20,22). The monoisotopic (exact) mass is 316 g/mol. The maximum Gasteiger partial charge on any atom is 0.229 e. The molecule has 0 heterocycles. The Morgan fingerprint density at radius 2 is 1.70 bits per heavy atom. The fourth-order valence-corrected chi connectivity index (χ4v) is 3.19. The molecule has 1 aromatic rings. The fourth-order valence-electron chi connectivity index (χ4n) is 3.19. The van der Waals surface area contributed by atoms with E-state index in [1.165, 1.54) is 0 Å². The summed E-state index contributed by atoms with van der Waals surface area (Å²) in [5.74, 6) is 0.458. The van der Waals surface area contributed by atoms with Crippen molar-refractivity contribution in [3.8, 4) is 0 Å². The highest BCUT2D eigenvalue weighted by molar-refractivity contribution is 5.94. The highest BCUT2D eigenvalue weighted by atomic mass is 16.2. The first kappa shape index (κ1) is 17.5. The van der Waals surface area contributed by atoms with E-state index in [9.17, 15) is 9.59 Å². The summed E-state index contributed by atoms with van der Waals surface area (Å²) in [6.07, 6.45) is 5.37. The molecule has 1 saturated carbocycles. The maximum absolute atomic E-state index is 12.6. The van der Waals surface area contributed by atoms with E-state index in [2.05, 4.69) is 12.2 Å². The number of nitrogens with zero attached hydrogens (tertiary/aromatic N) is 1. The molecule has 0 unspecified atom stereocenters. The number of hydrogen-bond donors (Lipinski definition) is 1. The minimum atomic E-state index is 0.0416. The van der Waals surface area contributed by atoms with Crippen molar-refractivity contribution in [1.82, 2.24) is 5.32 Å². The Kier molecular flexibility index (Phi) is 6.63. The molecule has 126 valence electrons. The number of carbonyl (C=O) groups is 2. The Morgan fingerprint density at radius 3 is 2.30 bits per heavy atom. The van der Waals surface area contributed by atoms with Crippen molar-refractivity contribution >= 4 is 17.5 Å². The third kappa shape index (κ3) is 4.81. The van der Waals surface area contributed by atoms with Gasteiger partial charge >= 0.3 is 0 Å². The summed E-state index contributed by atoms with van der Waals surface area (Å²) in [4.78, 5) is 26.5. The second kappa shape index (κ2) is 8.70. The Bertz CT molecular complexity index is 507. The lowest BCUT2D eigenvalue weighted by Gasteiger charge is -2.30. The van der Waals surface area contributed by atoms with E-state index in [1.54, 1.807) is 4.90 Å². The van der Waals surface area contributed by atoms with Crippen LogP contribution in [0, 0.1) is 11.8 Å². The number of benzene rings is 1. The van der Waals surface area contributed by atoms with Gasteiger partial charge in [-0.25, -0.2) is 0 Å². The summed E-state index contributed by atoms with van der Waals surface area (Å²) in [6, 6.07) is 9.73. The van der Waals surface area contributed by atoms with Gasteiger partial charge in [0, 0.05) is 31.1 Å². The van der Waals surface area contributed by atoms with E-state index in [0.717, 1.165) is 50.8 Å². The largest absolute Gasteiger partial charge is 0.356 e. The zero-order chi connectivity index (χ0) is 16.7. The van der Waals surface area contributed by atoms with Crippen molar-refractivity contribution in [3.05, 3.63) is 30.3 Å². The van der Waals surface area contributed by atoms with Crippen molar-refractivity contribution in [3.63, 3.8) is 0 Å². The van der Waals surface area contributed by atoms with Crippen LogP contribution in [0.2, 0.25) is 0 Å². The normalized spacial score (nSPS) is 20.8. The van der Waals surface area contributed by atoms with E-state index < -0.39 is 0 Å². The first-order valence-electron chi connectivity index (χ1n) is 8.73. The number of para-hydroxylation sites is 1. The van der Waals surface area contributed by atoms with Crippen LogP contribution in [0.25, 0.3) is 0 Å². The Balaban J connectivity index is 1.82. The van der Waals surface area contributed by atoms with Gasteiger partial charge in [0.2, 0.25) is 11.8 Å². The molecule has 23 heavy (non-hydrogen) atoms. The first-order chi connectivity index (χ1) is 11.1.